The lowest BCUT2D eigenvalue weighted by molar-refractivity contribution is -0.137. The Morgan fingerprint density at radius 1 is 1.12 bits per heavy atom. The zero-order chi connectivity index (χ0) is 22.7. The van der Waals surface area contributed by atoms with Gasteiger partial charge in [-0.25, -0.2) is 9.97 Å². The van der Waals surface area contributed by atoms with E-state index in [9.17, 15) is 18.0 Å². The van der Waals surface area contributed by atoms with Crippen molar-refractivity contribution in [3.8, 4) is 16.9 Å². The molecule has 0 radical (unpaired) electrons. The Bertz CT molecular complexity index is 1090. The van der Waals surface area contributed by atoms with Crippen LogP contribution < -0.4 is 10.5 Å². The van der Waals surface area contributed by atoms with Crippen molar-refractivity contribution in [3.05, 3.63) is 72.1 Å². The van der Waals surface area contributed by atoms with Gasteiger partial charge in [-0.2, -0.15) is 13.2 Å². The minimum absolute atomic E-state index is 0.0375. The van der Waals surface area contributed by atoms with Gasteiger partial charge in [0.15, 0.2) is 6.61 Å². The Kier molecular flexibility index (Phi) is 5.98. The molecule has 3 aromatic rings. The van der Waals surface area contributed by atoms with Crippen molar-refractivity contribution in [2.75, 3.05) is 18.9 Å². The number of likely N-dealkylation sites (tertiary alicyclic amines) is 1. The Balaban J connectivity index is 1.59. The van der Waals surface area contributed by atoms with Crippen molar-refractivity contribution in [1.29, 1.82) is 0 Å². The van der Waals surface area contributed by atoms with Crippen molar-refractivity contribution < 1.29 is 22.7 Å². The Morgan fingerprint density at radius 3 is 2.53 bits per heavy atom. The van der Waals surface area contributed by atoms with Crippen molar-refractivity contribution >= 4 is 11.9 Å². The summed E-state index contributed by atoms with van der Waals surface area (Å²) in [5, 5.41) is 0. The van der Waals surface area contributed by atoms with Gasteiger partial charge < -0.3 is 15.4 Å². The number of alkyl halides is 3. The summed E-state index contributed by atoms with van der Waals surface area (Å²) in [5.41, 5.74) is 6.65. The number of ether oxygens (including phenoxy) is 1. The van der Waals surface area contributed by atoms with Crippen molar-refractivity contribution in [2.24, 2.45) is 0 Å². The van der Waals surface area contributed by atoms with E-state index in [2.05, 4.69) is 9.97 Å². The van der Waals surface area contributed by atoms with E-state index in [1.807, 2.05) is 18.2 Å². The monoisotopic (exact) mass is 442 g/mol. The summed E-state index contributed by atoms with van der Waals surface area (Å²) in [4.78, 5) is 23.0. The smallest absolute Gasteiger partial charge is 0.416 e. The average Bonchev–Trinajstić information content (AvgIpc) is 3.28. The molecule has 1 atom stereocenters. The maximum absolute atomic E-state index is 12.9. The molecule has 0 saturated carbocycles. The summed E-state index contributed by atoms with van der Waals surface area (Å²) in [7, 11) is 0. The number of carbonyl (C=O) groups excluding carboxylic acids is 1. The standard InChI is InChI=1S/C23H21F3N4O2/c24-23(25,26)16-10-8-15(9-11-16)18-13-28-22(27)29-21(18)19-7-4-12-30(19)20(31)14-32-17-5-2-1-3-6-17/h1-3,5-6,8-11,13,19H,4,7,12,14H2,(H2,27,28,29). The molecular weight excluding hydrogens is 421 g/mol. The van der Waals surface area contributed by atoms with Gasteiger partial charge in [0.2, 0.25) is 5.95 Å². The third-order valence-electron chi connectivity index (χ3n) is 5.35. The van der Waals surface area contributed by atoms with Gasteiger partial charge in [-0.3, -0.25) is 4.79 Å². The number of benzene rings is 2. The molecule has 2 N–H and O–H groups in total. The number of nitrogens with zero attached hydrogens (tertiary/aromatic N) is 3. The number of rotatable bonds is 5. The number of hydrogen-bond donors (Lipinski definition) is 1. The molecule has 4 rings (SSSR count). The lowest BCUT2D eigenvalue weighted by Crippen LogP contribution is -2.35. The molecule has 1 aliphatic rings. The highest BCUT2D eigenvalue weighted by atomic mass is 19.4. The lowest BCUT2D eigenvalue weighted by atomic mass is 9.98. The van der Waals surface area contributed by atoms with E-state index in [4.69, 9.17) is 10.5 Å². The topological polar surface area (TPSA) is 81.3 Å². The van der Waals surface area contributed by atoms with Gasteiger partial charge >= 0.3 is 6.18 Å². The van der Waals surface area contributed by atoms with Crippen LogP contribution in [0.1, 0.15) is 30.1 Å². The lowest BCUT2D eigenvalue weighted by Gasteiger charge is -2.26. The quantitative estimate of drug-likeness (QED) is 0.630. The highest BCUT2D eigenvalue weighted by Gasteiger charge is 2.34. The first-order valence-electron chi connectivity index (χ1n) is 10.1. The molecule has 1 fully saturated rings. The summed E-state index contributed by atoms with van der Waals surface area (Å²) < 4.78 is 44.4. The molecule has 1 unspecified atom stereocenters. The van der Waals surface area contributed by atoms with Crippen LogP contribution in [0.15, 0.2) is 60.8 Å². The van der Waals surface area contributed by atoms with E-state index in [-0.39, 0.29) is 24.5 Å². The molecule has 6 nitrogen and oxygen atoms in total. The van der Waals surface area contributed by atoms with Gasteiger partial charge in [0, 0.05) is 18.3 Å². The molecule has 166 valence electrons. The predicted molar refractivity (Wildman–Crippen MR) is 113 cm³/mol. The van der Waals surface area contributed by atoms with Crippen molar-refractivity contribution in [2.45, 2.75) is 25.1 Å². The van der Waals surface area contributed by atoms with Gasteiger partial charge in [-0.15, -0.1) is 0 Å². The van der Waals surface area contributed by atoms with E-state index >= 15 is 0 Å². The number of aromatic nitrogens is 2. The van der Waals surface area contributed by atoms with E-state index in [1.54, 1.807) is 17.0 Å². The van der Waals surface area contributed by atoms with Crippen LogP contribution in [0.5, 0.6) is 5.75 Å². The highest BCUT2D eigenvalue weighted by Crippen LogP contribution is 2.38. The number of amides is 1. The molecule has 1 saturated heterocycles. The maximum Gasteiger partial charge on any atom is 0.416 e. The largest absolute Gasteiger partial charge is 0.484 e. The molecule has 0 spiro atoms. The van der Waals surface area contributed by atoms with E-state index < -0.39 is 11.7 Å². The second kappa shape index (κ2) is 8.86. The van der Waals surface area contributed by atoms with Crippen LogP contribution in [0, 0.1) is 0 Å². The first-order chi connectivity index (χ1) is 15.3. The normalized spacial score (nSPS) is 16.2. The van der Waals surface area contributed by atoms with Crippen LogP contribution in [-0.4, -0.2) is 33.9 Å². The zero-order valence-electron chi connectivity index (χ0n) is 17.0. The fourth-order valence-corrected chi connectivity index (χ4v) is 3.82. The second-order valence-corrected chi connectivity index (χ2v) is 7.45. The predicted octanol–water partition coefficient (Wildman–Crippen LogP) is 4.49. The molecule has 2 aromatic carbocycles. The average molecular weight is 442 g/mol. The summed E-state index contributed by atoms with van der Waals surface area (Å²) in [6, 6.07) is 13.4. The third-order valence-corrected chi connectivity index (χ3v) is 5.35. The third kappa shape index (κ3) is 4.66. The molecule has 32 heavy (non-hydrogen) atoms. The van der Waals surface area contributed by atoms with Crippen LogP contribution in [0.2, 0.25) is 0 Å². The summed E-state index contributed by atoms with van der Waals surface area (Å²) in [6.45, 7) is 0.398. The molecule has 1 amide bonds. The molecule has 0 aliphatic carbocycles. The van der Waals surface area contributed by atoms with Crippen LogP contribution in [0.25, 0.3) is 11.1 Å². The first-order valence-corrected chi connectivity index (χ1v) is 10.1. The minimum Gasteiger partial charge on any atom is -0.484 e. The van der Waals surface area contributed by atoms with Gasteiger partial charge in [0.25, 0.3) is 5.91 Å². The Labute approximate surface area is 182 Å². The van der Waals surface area contributed by atoms with Gasteiger partial charge in [-0.05, 0) is 42.7 Å². The first kappa shape index (κ1) is 21.6. The summed E-state index contributed by atoms with van der Waals surface area (Å²) in [6.07, 6.45) is -1.52. The van der Waals surface area contributed by atoms with E-state index in [0.717, 1.165) is 18.6 Å². The highest BCUT2D eigenvalue weighted by molar-refractivity contribution is 5.79. The van der Waals surface area contributed by atoms with Gasteiger partial charge in [0.1, 0.15) is 5.75 Å². The molecule has 9 heteroatoms. The fraction of sp³-hybridized carbons (Fsp3) is 0.261. The summed E-state index contributed by atoms with van der Waals surface area (Å²) >= 11 is 0. The van der Waals surface area contributed by atoms with Crippen LogP contribution >= 0.6 is 0 Å². The number of halogens is 3. The van der Waals surface area contributed by atoms with Crippen LogP contribution in [0.3, 0.4) is 0 Å². The zero-order valence-corrected chi connectivity index (χ0v) is 17.0. The number of nitrogen functional groups attached to an aromatic ring is 1. The van der Waals surface area contributed by atoms with Gasteiger partial charge in [-0.1, -0.05) is 30.3 Å². The number of hydrogen-bond acceptors (Lipinski definition) is 5. The number of para-hydroxylation sites is 1. The molecule has 2 heterocycles. The van der Waals surface area contributed by atoms with Crippen LogP contribution in [-0.2, 0) is 11.0 Å². The molecule has 1 aromatic heterocycles. The number of nitrogens with two attached hydrogens (primary N) is 1. The van der Waals surface area contributed by atoms with Crippen molar-refractivity contribution in [3.63, 3.8) is 0 Å². The second-order valence-electron chi connectivity index (χ2n) is 7.45. The Hall–Kier alpha value is -3.62. The van der Waals surface area contributed by atoms with Crippen LogP contribution in [0.4, 0.5) is 19.1 Å². The molecular formula is C23H21F3N4O2. The Morgan fingerprint density at radius 2 is 1.84 bits per heavy atom. The number of carbonyl (C=O) groups is 1. The van der Waals surface area contributed by atoms with E-state index in [1.165, 1.54) is 18.3 Å². The van der Waals surface area contributed by atoms with E-state index in [0.29, 0.717) is 35.5 Å². The van der Waals surface area contributed by atoms with Gasteiger partial charge in [0.05, 0.1) is 17.3 Å². The fourth-order valence-electron chi connectivity index (χ4n) is 3.82. The summed E-state index contributed by atoms with van der Waals surface area (Å²) in [5.74, 6) is 0.427. The SMILES string of the molecule is Nc1ncc(-c2ccc(C(F)(F)F)cc2)c(C2CCCN2C(=O)COc2ccccc2)n1. The molecule has 1 aliphatic heterocycles. The number of anilines is 1. The maximum atomic E-state index is 12.9. The molecule has 0 bridgehead atoms. The minimum atomic E-state index is -4.42. The van der Waals surface area contributed by atoms with Crippen molar-refractivity contribution in [1.82, 2.24) is 14.9 Å².